The Labute approximate surface area is 112 Å². The van der Waals surface area contributed by atoms with E-state index in [9.17, 15) is 4.79 Å². The predicted octanol–water partition coefficient (Wildman–Crippen LogP) is 3.88. The second-order valence-corrected chi connectivity index (χ2v) is 4.73. The first-order chi connectivity index (χ1) is 9.18. The first kappa shape index (κ1) is 11.7. The summed E-state index contributed by atoms with van der Waals surface area (Å²) in [5.41, 5.74) is 4.24. The van der Waals surface area contributed by atoms with Gasteiger partial charge in [-0.15, -0.1) is 0 Å². The third-order valence-electron chi connectivity index (χ3n) is 3.34. The normalized spacial score (nSPS) is 12.7. The van der Waals surface area contributed by atoms with E-state index < -0.39 is 0 Å². The van der Waals surface area contributed by atoms with E-state index in [4.69, 9.17) is 4.74 Å². The molecule has 19 heavy (non-hydrogen) atoms. The van der Waals surface area contributed by atoms with Gasteiger partial charge >= 0.3 is 5.97 Å². The van der Waals surface area contributed by atoms with E-state index in [1.807, 2.05) is 48.5 Å². The summed E-state index contributed by atoms with van der Waals surface area (Å²) in [6.45, 7) is 5.32. The number of fused-ring (bicyclic) bond motifs is 3. The van der Waals surface area contributed by atoms with Crippen LogP contribution in [0.4, 0.5) is 0 Å². The molecular weight excluding hydrogens is 236 g/mol. The van der Waals surface area contributed by atoms with Crippen LogP contribution >= 0.6 is 0 Å². The topological polar surface area (TPSA) is 26.3 Å². The molecule has 1 aliphatic rings. The van der Waals surface area contributed by atoms with Crippen molar-refractivity contribution in [1.29, 1.82) is 0 Å². The summed E-state index contributed by atoms with van der Waals surface area (Å²) in [7, 11) is 0. The Hall–Kier alpha value is -2.35. The summed E-state index contributed by atoms with van der Waals surface area (Å²) < 4.78 is 5.21. The van der Waals surface area contributed by atoms with E-state index in [0.29, 0.717) is 5.76 Å². The zero-order valence-corrected chi connectivity index (χ0v) is 10.7. The molecule has 94 valence electrons. The average molecular weight is 250 g/mol. The van der Waals surface area contributed by atoms with Crippen molar-refractivity contribution in [3.05, 3.63) is 72.0 Å². The molecule has 0 unspecified atom stereocenters. The zero-order valence-electron chi connectivity index (χ0n) is 10.7. The van der Waals surface area contributed by atoms with Crippen molar-refractivity contribution in [1.82, 2.24) is 0 Å². The second-order valence-electron chi connectivity index (χ2n) is 4.73. The van der Waals surface area contributed by atoms with Crippen molar-refractivity contribution in [2.45, 2.75) is 12.8 Å². The first-order valence-electron chi connectivity index (χ1n) is 6.24. The van der Waals surface area contributed by atoms with Gasteiger partial charge in [-0.3, -0.25) is 4.79 Å². The standard InChI is InChI=1S/C17H14O2/c1-11(2)19-17(18)16-14-9-5-3-7-12(14)13-8-4-6-10-15(13)16/h3-10,16H,1H2,2H3. The molecule has 0 atom stereocenters. The molecule has 2 nitrogen and oxygen atoms in total. The summed E-state index contributed by atoms with van der Waals surface area (Å²) in [5, 5.41) is 0. The molecule has 0 radical (unpaired) electrons. The molecule has 2 aromatic carbocycles. The highest BCUT2D eigenvalue weighted by Gasteiger charge is 2.34. The van der Waals surface area contributed by atoms with Crippen LogP contribution in [-0.2, 0) is 9.53 Å². The quantitative estimate of drug-likeness (QED) is 0.597. The van der Waals surface area contributed by atoms with E-state index in [1.165, 1.54) is 0 Å². The summed E-state index contributed by atoms with van der Waals surface area (Å²) in [5.74, 6) is -0.180. The molecular formula is C17H14O2. The Morgan fingerprint density at radius 2 is 1.47 bits per heavy atom. The lowest BCUT2D eigenvalue weighted by atomic mass is 9.97. The van der Waals surface area contributed by atoms with Gasteiger partial charge in [-0.2, -0.15) is 0 Å². The van der Waals surface area contributed by atoms with Crippen LogP contribution in [0.2, 0.25) is 0 Å². The van der Waals surface area contributed by atoms with Gasteiger partial charge in [-0.1, -0.05) is 55.1 Å². The number of hydrogen-bond donors (Lipinski definition) is 0. The van der Waals surface area contributed by atoms with Crippen LogP contribution in [0.1, 0.15) is 24.0 Å². The van der Waals surface area contributed by atoms with Gasteiger partial charge in [0.1, 0.15) is 5.92 Å². The van der Waals surface area contributed by atoms with Crippen LogP contribution < -0.4 is 0 Å². The van der Waals surface area contributed by atoms with Gasteiger partial charge in [-0.25, -0.2) is 0 Å². The van der Waals surface area contributed by atoms with Gasteiger partial charge in [-0.05, 0) is 29.2 Å². The number of benzene rings is 2. The minimum atomic E-state index is -0.343. The van der Waals surface area contributed by atoms with E-state index in [2.05, 4.69) is 6.58 Å². The maximum Gasteiger partial charge on any atom is 0.323 e. The molecule has 0 spiro atoms. The molecule has 2 heteroatoms. The molecule has 0 heterocycles. The van der Waals surface area contributed by atoms with Crippen LogP contribution in [0, 0.1) is 0 Å². The average Bonchev–Trinajstić information content (AvgIpc) is 2.72. The minimum Gasteiger partial charge on any atom is -0.431 e. The number of carbonyl (C=O) groups is 1. The molecule has 0 N–H and O–H groups in total. The maximum absolute atomic E-state index is 12.3. The number of hydrogen-bond acceptors (Lipinski definition) is 2. The molecule has 0 saturated heterocycles. The Balaban J connectivity index is 2.15. The van der Waals surface area contributed by atoms with E-state index >= 15 is 0 Å². The molecule has 0 fully saturated rings. The highest BCUT2D eigenvalue weighted by molar-refractivity contribution is 5.93. The predicted molar refractivity (Wildman–Crippen MR) is 74.6 cm³/mol. The Morgan fingerprint density at radius 3 is 1.95 bits per heavy atom. The van der Waals surface area contributed by atoms with E-state index in [-0.39, 0.29) is 11.9 Å². The fourth-order valence-corrected chi connectivity index (χ4v) is 2.64. The Kier molecular flexibility index (Phi) is 2.71. The molecule has 0 aliphatic heterocycles. The summed E-state index contributed by atoms with van der Waals surface area (Å²) >= 11 is 0. The van der Waals surface area contributed by atoms with Crippen LogP contribution in [0.25, 0.3) is 11.1 Å². The van der Waals surface area contributed by atoms with Crippen LogP contribution in [-0.4, -0.2) is 5.97 Å². The van der Waals surface area contributed by atoms with Gasteiger partial charge in [0.05, 0.1) is 5.76 Å². The van der Waals surface area contributed by atoms with Crippen LogP contribution in [0.3, 0.4) is 0 Å². The number of allylic oxidation sites excluding steroid dienone is 1. The van der Waals surface area contributed by atoms with Gasteiger partial charge in [0.15, 0.2) is 0 Å². The van der Waals surface area contributed by atoms with E-state index in [0.717, 1.165) is 22.3 Å². The zero-order chi connectivity index (χ0) is 13.4. The van der Waals surface area contributed by atoms with Crippen LogP contribution in [0.15, 0.2) is 60.9 Å². The highest BCUT2D eigenvalue weighted by Crippen LogP contribution is 2.45. The number of ether oxygens (including phenoxy) is 1. The summed E-state index contributed by atoms with van der Waals surface area (Å²) in [6.07, 6.45) is 0. The van der Waals surface area contributed by atoms with Crippen molar-refractivity contribution in [3.63, 3.8) is 0 Å². The molecule has 1 aliphatic carbocycles. The molecule has 0 amide bonds. The third-order valence-corrected chi connectivity index (χ3v) is 3.34. The fraction of sp³-hybridized carbons (Fsp3) is 0.118. The lowest BCUT2D eigenvalue weighted by Gasteiger charge is -2.12. The van der Waals surface area contributed by atoms with Crippen molar-refractivity contribution >= 4 is 5.97 Å². The maximum atomic E-state index is 12.3. The smallest absolute Gasteiger partial charge is 0.323 e. The number of esters is 1. The summed E-state index contributed by atoms with van der Waals surface area (Å²) in [6, 6.07) is 15.9. The number of rotatable bonds is 2. The SMILES string of the molecule is C=C(C)OC(=O)C1c2ccccc2-c2ccccc21. The van der Waals surface area contributed by atoms with Crippen molar-refractivity contribution in [2.75, 3.05) is 0 Å². The molecule has 3 rings (SSSR count). The van der Waals surface area contributed by atoms with Gasteiger partial charge in [0.25, 0.3) is 0 Å². The lowest BCUT2D eigenvalue weighted by molar-refractivity contribution is -0.140. The highest BCUT2D eigenvalue weighted by atomic mass is 16.5. The van der Waals surface area contributed by atoms with Gasteiger partial charge in [0.2, 0.25) is 0 Å². The van der Waals surface area contributed by atoms with Gasteiger partial charge in [0, 0.05) is 0 Å². The van der Waals surface area contributed by atoms with Crippen LogP contribution in [0.5, 0.6) is 0 Å². The van der Waals surface area contributed by atoms with Crippen molar-refractivity contribution in [2.24, 2.45) is 0 Å². The molecule has 0 saturated carbocycles. The lowest BCUT2D eigenvalue weighted by Crippen LogP contribution is -2.14. The fourth-order valence-electron chi connectivity index (χ4n) is 2.64. The Bertz CT molecular complexity index is 625. The molecule has 0 aromatic heterocycles. The second kappa shape index (κ2) is 4.39. The minimum absolute atomic E-state index is 0.259. The van der Waals surface area contributed by atoms with Gasteiger partial charge < -0.3 is 4.74 Å². The van der Waals surface area contributed by atoms with E-state index in [1.54, 1.807) is 6.92 Å². The van der Waals surface area contributed by atoms with Crippen molar-refractivity contribution < 1.29 is 9.53 Å². The summed E-state index contributed by atoms with van der Waals surface area (Å²) in [4.78, 5) is 12.3. The monoisotopic (exact) mass is 250 g/mol. The third kappa shape index (κ3) is 1.85. The molecule has 0 bridgehead atoms. The largest absolute Gasteiger partial charge is 0.431 e. The molecule has 2 aromatic rings. The first-order valence-corrected chi connectivity index (χ1v) is 6.24. The van der Waals surface area contributed by atoms with Crippen molar-refractivity contribution in [3.8, 4) is 11.1 Å². The number of carbonyl (C=O) groups excluding carboxylic acids is 1. The Morgan fingerprint density at radius 1 is 1.00 bits per heavy atom.